The van der Waals surface area contributed by atoms with Crippen molar-refractivity contribution in [3.05, 3.63) is 112 Å². The van der Waals surface area contributed by atoms with E-state index in [0.717, 1.165) is 95.8 Å². The number of fused-ring (bicyclic) bond motifs is 1. The fraction of sp³-hybridized carbons (Fsp3) is 0.395. The zero-order valence-corrected chi connectivity index (χ0v) is 31.7. The van der Waals surface area contributed by atoms with Gasteiger partial charge in [0.1, 0.15) is 0 Å². The molecule has 0 spiro atoms. The standard InChI is InChI=1S/C43H52N8O3/c1-4-39-37(40(48-36-12-18-54-19-13-36)38-27-47-51(5-2)41(38)49-39)26-46-43(53)35-21-29(3)20-34(24-35)42(52)45-25-30-8-6-10-32(22-30)33-11-7-9-31(23-33)28-50-16-14-44-15-17-50/h6-11,20-24,27,36,44H,4-5,12-19,25-26,28H2,1-3H3,(H,45,52)(H,46,53)(H,48,49). The van der Waals surface area contributed by atoms with Gasteiger partial charge in [-0.05, 0) is 91.3 Å². The topological polar surface area (TPSA) is 125 Å². The highest BCUT2D eigenvalue weighted by atomic mass is 16.5. The molecule has 11 nitrogen and oxygen atoms in total. The molecule has 54 heavy (non-hydrogen) atoms. The summed E-state index contributed by atoms with van der Waals surface area (Å²) in [5.74, 6) is -0.474. The van der Waals surface area contributed by atoms with Crippen LogP contribution >= 0.6 is 0 Å². The van der Waals surface area contributed by atoms with Crippen molar-refractivity contribution in [1.82, 2.24) is 35.6 Å². The second-order valence-electron chi connectivity index (χ2n) is 14.4. The van der Waals surface area contributed by atoms with Gasteiger partial charge < -0.3 is 26.0 Å². The summed E-state index contributed by atoms with van der Waals surface area (Å²) in [6.07, 6.45) is 4.39. The van der Waals surface area contributed by atoms with Crippen molar-refractivity contribution in [2.75, 3.05) is 44.7 Å². The normalized spacial score (nSPS) is 15.3. The van der Waals surface area contributed by atoms with Crippen LogP contribution in [0, 0.1) is 6.92 Å². The molecule has 0 radical (unpaired) electrons. The average molecular weight is 729 g/mol. The van der Waals surface area contributed by atoms with E-state index in [1.54, 1.807) is 6.07 Å². The van der Waals surface area contributed by atoms with Crippen molar-refractivity contribution in [3.8, 4) is 11.1 Å². The van der Waals surface area contributed by atoms with Crippen molar-refractivity contribution >= 4 is 28.5 Å². The first-order valence-corrected chi connectivity index (χ1v) is 19.4. The lowest BCUT2D eigenvalue weighted by atomic mass is 10.0. The average Bonchev–Trinajstić information content (AvgIpc) is 3.63. The maximum atomic E-state index is 13.7. The van der Waals surface area contributed by atoms with Gasteiger partial charge >= 0.3 is 0 Å². The second kappa shape index (κ2) is 17.4. The number of aryl methyl sites for hydroxylation is 3. The first-order valence-electron chi connectivity index (χ1n) is 19.4. The first kappa shape index (κ1) is 37.2. The van der Waals surface area contributed by atoms with Crippen LogP contribution in [0.5, 0.6) is 0 Å². The number of ether oxygens (including phenoxy) is 1. The molecule has 2 saturated heterocycles. The number of hydrogen-bond donors (Lipinski definition) is 4. The Balaban J connectivity index is 1.03. The van der Waals surface area contributed by atoms with Crippen LogP contribution in [-0.2, 0) is 37.3 Å². The summed E-state index contributed by atoms with van der Waals surface area (Å²) < 4.78 is 7.52. The summed E-state index contributed by atoms with van der Waals surface area (Å²) in [4.78, 5) is 34.7. The van der Waals surface area contributed by atoms with Gasteiger partial charge in [0.15, 0.2) is 5.65 Å². The molecule has 0 aliphatic carbocycles. The molecular weight excluding hydrogens is 677 g/mol. The molecule has 7 rings (SSSR count). The Morgan fingerprint density at radius 1 is 0.870 bits per heavy atom. The lowest BCUT2D eigenvalue weighted by molar-refractivity contribution is 0.0904. The molecule has 0 bridgehead atoms. The third-order valence-electron chi connectivity index (χ3n) is 10.5. The lowest BCUT2D eigenvalue weighted by Gasteiger charge is -2.27. The van der Waals surface area contributed by atoms with Crippen LogP contribution in [0.1, 0.15) is 75.4 Å². The smallest absolute Gasteiger partial charge is 0.251 e. The molecule has 3 aromatic carbocycles. The van der Waals surface area contributed by atoms with Gasteiger partial charge in [-0.15, -0.1) is 0 Å². The highest BCUT2D eigenvalue weighted by Crippen LogP contribution is 2.31. The van der Waals surface area contributed by atoms with Crippen LogP contribution in [0.3, 0.4) is 0 Å². The van der Waals surface area contributed by atoms with E-state index in [0.29, 0.717) is 43.9 Å². The molecule has 2 aromatic heterocycles. The van der Waals surface area contributed by atoms with Crippen molar-refractivity contribution < 1.29 is 14.3 Å². The van der Waals surface area contributed by atoms with Crippen molar-refractivity contribution in [3.63, 3.8) is 0 Å². The number of amides is 2. The monoisotopic (exact) mass is 728 g/mol. The maximum absolute atomic E-state index is 13.7. The van der Waals surface area contributed by atoms with Crippen LogP contribution in [0.4, 0.5) is 5.69 Å². The minimum atomic E-state index is -0.247. The Bertz CT molecular complexity index is 2100. The van der Waals surface area contributed by atoms with Gasteiger partial charge in [0.2, 0.25) is 0 Å². The predicted molar refractivity (Wildman–Crippen MR) is 214 cm³/mol. The van der Waals surface area contributed by atoms with Gasteiger partial charge in [0.05, 0.1) is 17.3 Å². The number of pyridine rings is 1. The number of rotatable bonds is 13. The van der Waals surface area contributed by atoms with Crippen LogP contribution in [0.25, 0.3) is 22.2 Å². The van der Waals surface area contributed by atoms with E-state index in [1.165, 1.54) is 5.56 Å². The maximum Gasteiger partial charge on any atom is 0.251 e. The van der Waals surface area contributed by atoms with Gasteiger partial charge in [-0.2, -0.15) is 5.10 Å². The quantitative estimate of drug-likeness (QED) is 0.119. The van der Waals surface area contributed by atoms with Gasteiger partial charge in [-0.3, -0.25) is 14.5 Å². The number of nitrogens with zero attached hydrogens (tertiary/aromatic N) is 4. The Hall–Kier alpha value is -5.10. The minimum Gasteiger partial charge on any atom is -0.381 e. The molecular formula is C43H52N8O3. The zero-order chi connectivity index (χ0) is 37.4. The van der Waals surface area contributed by atoms with E-state index in [-0.39, 0.29) is 24.4 Å². The molecule has 4 heterocycles. The van der Waals surface area contributed by atoms with Gasteiger partial charge in [0.25, 0.3) is 11.8 Å². The van der Waals surface area contributed by atoms with E-state index in [4.69, 9.17) is 9.72 Å². The van der Waals surface area contributed by atoms with E-state index in [2.05, 4.69) is 81.5 Å². The predicted octanol–water partition coefficient (Wildman–Crippen LogP) is 5.85. The van der Waals surface area contributed by atoms with E-state index in [1.807, 2.05) is 42.1 Å². The van der Waals surface area contributed by atoms with Crippen LogP contribution in [0.15, 0.2) is 72.9 Å². The highest BCUT2D eigenvalue weighted by Gasteiger charge is 2.23. The number of piperazine rings is 1. The summed E-state index contributed by atoms with van der Waals surface area (Å²) >= 11 is 0. The van der Waals surface area contributed by atoms with Crippen molar-refractivity contribution in [2.45, 2.75) is 72.3 Å². The highest BCUT2D eigenvalue weighted by molar-refractivity contribution is 6.00. The van der Waals surface area contributed by atoms with Crippen LogP contribution in [-0.4, -0.2) is 76.9 Å². The SMILES string of the molecule is CCc1nc2c(cnn2CC)c(NC2CCOCC2)c1CNC(=O)c1cc(C)cc(C(=O)NCc2cccc(-c3cccc(CN4CCNCC4)c3)c2)c1. The van der Waals surface area contributed by atoms with E-state index < -0.39 is 0 Å². The third-order valence-corrected chi connectivity index (χ3v) is 10.5. The number of hydrogen-bond acceptors (Lipinski definition) is 8. The molecule has 2 aliphatic rings. The molecule has 11 heteroatoms. The molecule has 2 aliphatic heterocycles. The minimum absolute atomic E-state index is 0.227. The number of aromatic nitrogens is 3. The summed E-state index contributed by atoms with van der Waals surface area (Å²) in [7, 11) is 0. The Kier molecular flexibility index (Phi) is 12.0. The molecule has 4 N–H and O–H groups in total. The van der Waals surface area contributed by atoms with Crippen LogP contribution < -0.4 is 21.3 Å². The Labute approximate surface area is 317 Å². The third kappa shape index (κ3) is 8.81. The lowest BCUT2D eigenvalue weighted by Crippen LogP contribution is -2.42. The fourth-order valence-corrected chi connectivity index (χ4v) is 7.54. The van der Waals surface area contributed by atoms with Gasteiger partial charge in [-0.1, -0.05) is 43.3 Å². The molecule has 2 fully saturated rings. The molecule has 2 amide bonds. The molecule has 0 unspecified atom stereocenters. The summed E-state index contributed by atoms with van der Waals surface area (Å²) in [5, 5.41) is 19.0. The first-order chi connectivity index (χ1) is 26.4. The van der Waals surface area contributed by atoms with E-state index in [9.17, 15) is 9.59 Å². The fourth-order valence-electron chi connectivity index (χ4n) is 7.54. The van der Waals surface area contributed by atoms with E-state index >= 15 is 0 Å². The van der Waals surface area contributed by atoms with Crippen LogP contribution in [0.2, 0.25) is 0 Å². The Morgan fingerprint density at radius 3 is 2.22 bits per heavy atom. The molecule has 0 atom stereocenters. The van der Waals surface area contributed by atoms with Crippen molar-refractivity contribution in [1.29, 1.82) is 0 Å². The largest absolute Gasteiger partial charge is 0.381 e. The summed E-state index contributed by atoms with van der Waals surface area (Å²) in [6.45, 7) is 14.0. The number of anilines is 1. The molecule has 282 valence electrons. The van der Waals surface area contributed by atoms with Gasteiger partial charge in [-0.25, -0.2) is 9.67 Å². The van der Waals surface area contributed by atoms with Crippen molar-refractivity contribution in [2.24, 2.45) is 0 Å². The van der Waals surface area contributed by atoms with Gasteiger partial charge in [0, 0.05) is 94.0 Å². The second-order valence-corrected chi connectivity index (χ2v) is 14.4. The number of carbonyl (C=O) groups is 2. The number of nitrogens with one attached hydrogen (secondary N) is 4. The molecule has 5 aromatic rings. The Morgan fingerprint density at radius 2 is 1.54 bits per heavy atom. The summed E-state index contributed by atoms with van der Waals surface area (Å²) in [6, 6.07) is 22.6. The zero-order valence-electron chi connectivity index (χ0n) is 31.7. The number of carbonyl (C=O) groups excluding carboxylic acids is 2. The summed E-state index contributed by atoms with van der Waals surface area (Å²) in [5.41, 5.74) is 9.99. The molecule has 0 saturated carbocycles. The number of benzene rings is 3.